The van der Waals surface area contributed by atoms with Crippen molar-refractivity contribution in [3.63, 3.8) is 0 Å². The molecule has 0 aliphatic carbocycles. The zero-order valence-electron chi connectivity index (χ0n) is 12.1. The molecule has 0 radical (unpaired) electrons. The van der Waals surface area contributed by atoms with Crippen LogP contribution in [-0.4, -0.2) is 47.7 Å². The number of nitrogens with zero attached hydrogens (tertiary/aromatic N) is 4. The lowest BCUT2D eigenvalue weighted by Crippen LogP contribution is -2.36. The van der Waals surface area contributed by atoms with Crippen molar-refractivity contribution in [2.24, 2.45) is 4.99 Å². The van der Waals surface area contributed by atoms with E-state index in [0.29, 0.717) is 29.7 Å². The van der Waals surface area contributed by atoms with Crippen molar-refractivity contribution in [2.45, 2.75) is 6.42 Å². The molecule has 8 heteroatoms. The SMILES string of the molecule is CN1CCN=C1NCCc1nc(-c2cccc(Cl)c2)no1.I. The van der Waals surface area contributed by atoms with Crippen LogP contribution < -0.4 is 5.32 Å². The summed E-state index contributed by atoms with van der Waals surface area (Å²) < 4.78 is 5.25. The van der Waals surface area contributed by atoms with Crippen molar-refractivity contribution in [3.8, 4) is 11.4 Å². The second-order valence-electron chi connectivity index (χ2n) is 4.83. The topological polar surface area (TPSA) is 66.5 Å². The van der Waals surface area contributed by atoms with E-state index < -0.39 is 0 Å². The first-order valence-corrected chi connectivity index (χ1v) is 7.18. The fourth-order valence-corrected chi connectivity index (χ4v) is 2.30. The van der Waals surface area contributed by atoms with Gasteiger partial charge in [-0.2, -0.15) is 4.98 Å². The summed E-state index contributed by atoms with van der Waals surface area (Å²) >= 11 is 5.96. The Morgan fingerprint density at radius 3 is 3.00 bits per heavy atom. The molecule has 0 amide bonds. The van der Waals surface area contributed by atoms with E-state index in [9.17, 15) is 0 Å². The van der Waals surface area contributed by atoms with Crippen LogP contribution >= 0.6 is 35.6 Å². The van der Waals surface area contributed by atoms with Crippen LogP contribution in [0.1, 0.15) is 5.89 Å². The van der Waals surface area contributed by atoms with Gasteiger partial charge in [-0.25, -0.2) is 0 Å². The largest absolute Gasteiger partial charge is 0.356 e. The van der Waals surface area contributed by atoms with Gasteiger partial charge in [0, 0.05) is 37.1 Å². The summed E-state index contributed by atoms with van der Waals surface area (Å²) in [5.41, 5.74) is 0.852. The zero-order chi connectivity index (χ0) is 14.7. The Morgan fingerprint density at radius 2 is 2.27 bits per heavy atom. The molecule has 0 fully saturated rings. The van der Waals surface area contributed by atoms with Crippen LogP contribution in [-0.2, 0) is 6.42 Å². The standard InChI is InChI=1S/C14H16ClN5O.HI/c1-20-8-7-17-14(20)16-6-5-12-18-13(19-21-12)10-3-2-4-11(15)9-10;/h2-4,9H,5-8H2,1H3,(H,16,17);1H. The fraction of sp³-hybridized carbons (Fsp3) is 0.357. The van der Waals surface area contributed by atoms with Crippen LogP contribution in [0.25, 0.3) is 11.4 Å². The molecule has 0 unspecified atom stereocenters. The third-order valence-electron chi connectivity index (χ3n) is 3.23. The van der Waals surface area contributed by atoms with E-state index in [1.807, 2.05) is 31.3 Å². The maximum absolute atomic E-state index is 5.96. The molecule has 0 spiro atoms. The predicted molar refractivity (Wildman–Crippen MR) is 96.8 cm³/mol. The van der Waals surface area contributed by atoms with Gasteiger partial charge in [-0.15, -0.1) is 24.0 Å². The average Bonchev–Trinajstić information content (AvgIpc) is 3.09. The van der Waals surface area contributed by atoms with Gasteiger partial charge in [0.15, 0.2) is 5.96 Å². The minimum atomic E-state index is 0. The van der Waals surface area contributed by atoms with Crippen molar-refractivity contribution in [2.75, 3.05) is 26.7 Å². The Kier molecular flexibility index (Phi) is 6.01. The monoisotopic (exact) mass is 433 g/mol. The van der Waals surface area contributed by atoms with Gasteiger partial charge in [0.1, 0.15) is 0 Å². The number of hydrogen-bond donors (Lipinski definition) is 1. The molecule has 118 valence electrons. The summed E-state index contributed by atoms with van der Waals surface area (Å²) in [6.07, 6.45) is 0.653. The number of guanidine groups is 1. The second kappa shape index (κ2) is 7.77. The molecule has 3 rings (SSSR count). The van der Waals surface area contributed by atoms with Crippen LogP contribution in [0.2, 0.25) is 5.02 Å². The summed E-state index contributed by atoms with van der Waals surface area (Å²) in [5.74, 6) is 2.08. The van der Waals surface area contributed by atoms with Crippen LogP contribution in [0.5, 0.6) is 0 Å². The number of aromatic nitrogens is 2. The van der Waals surface area contributed by atoms with Crippen LogP contribution in [0.4, 0.5) is 0 Å². The number of benzene rings is 1. The van der Waals surface area contributed by atoms with E-state index in [4.69, 9.17) is 16.1 Å². The zero-order valence-corrected chi connectivity index (χ0v) is 15.2. The molecular formula is C14H17ClIN5O. The minimum absolute atomic E-state index is 0. The third-order valence-corrected chi connectivity index (χ3v) is 3.47. The molecule has 6 nitrogen and oxygen atoms in total. The Balaban J connectivity index is 0.00000176. The van der Waals surface area contributed by atoms with Gasteiger partial charge in [-0.3, -0.25) is 4.99 Å². The Labute approximate surface area is 151 Å². The minimum Gasteiger partial charge on any atom is -0.356 e. The number of hydrogen-bond acceptors (Lipinski definition) is 6. The van der Waals surface area contributed by atoms with Crippen molar-refractivity contribution in [1.82, 2.24) is 20.4 Å². The summed E-state index contributed by atoms with van der Waals surface area (Å²) in [6.45, 7) is 2.51. The Hall–Kier alpha value is -1.35. The summed E-state index contributed by atoms with van der Waals surface area (Å²) in [4.78, 5) is 10.8. The fourth-order valence-electron chi connectivity index (χ4n) is 2.11. The first-order valence-electron chi connectivity index (χ1n) is 6.80. The van der Waals surface area contributed by atoms with Gasteiger partial charge in [0.05, 0.1) is 6.54 Å². The van der Waals surface area contributed by atoms with E-state index >= 15 is 0 Å². The quantitative estimate of drug-likeness (QED) is 0.750. The number of likely N-dealkylation sites (N-methyl/N-ethyl adjacent to an activating group) is 1. The van der Waals surface area contributed by atoms with Gasteiger partial charge < -0.3 is 14.7 Å². The highest BCUT2D eigenvalue weighted by molar-refractivity contribution is 14.0. The molecule has 22 heavy (non-hydrogen) atoms. The van der Waals surface area contributed by atoms with Gasteiger partial charge in [-0.1, -0.05) is 28.9 Å². The van der Waals surface area contributed by atoms with Crippen LogP contribution in [0.3, 0.4) is 0 Å². The number of halogens is 2. The van der Waals surface area contributed by atoms with Crippen molar-refractivity contribution >= 4 is 41.5 Å². The first kappa shape index (κ1) is 17.0. The van der Waals surface area contributed by atoms with Gasteiger partial charge >= 0.3 is 0 Å². The molecular weight excluding hydrogens is 417 g/mol. The van der Waals surface area contributed by atoms with E-state index in [-0.39, 0.29) is 24.0 Å². The van der Waals surface area contributed by atoms with Crippen molar-refractivity contribution in [3.05, 3.63) is 35.2 Å². The van der Waals surface area contributed by atoms with Crippen LogP contribution in [0, 0.1) is 0 Å². The summed E-state index contributed by atoms with van der Waals surface area (Å²) in [5, 5.41) is 7.90. The molecule has 0 saturated heterocycles. The molecule has 1 aliphatic heterocycles. The number of nitrogens with one attached hydrogen (secondary N) is 1. The maximum atomic E-state index is 5.96. The summed E-state index contributed by atoms with van der Waals surface area (Å²) in [7, 11) is 2.02. The van der Waals surface area contributed by atoms with Crippen LogP contribution in [0.15, 0.2) is 33.8 Å². The van der Waals surface area contributed by atoms with Crippen molar-refractivity contribution in [1.29, 1.82) is 0 Å². The molecule has 1 aliphatic rings. The van der Waals surface area contributed by atoms with E-state index in [0.717, 1.165) is 24.6 Å². The van der Waals surface area contributed by atoms with E-state index in [1.165, 1.54) is 0 Å². The van der Waals surface area contributed by atoms with Gasteiger partial charge in [0.2, 0.25) is 11.7 Å². The lowest BCUT2D eigenvalue weighted by molar-refractivity contribution is 0.378. The highest BCUT2D eigenvalue weighted by Gasteiger charge is 2.12. The average molecular weight is 434 g/mol. The van der Waals surface area contributed by atoms with Crippen molar-refractivity contribution < 1.29 is 4.52 Å². The molecule has 1 aromatic heterocycles. The molecule has 1 N–H and O–H groups in total. The second-order valence-corrected chi connectivity index (χ2v) is 5.26. The van der Waals surface area contributed by atoms with Gasteiger partial charge in [-0.05, 0) is 12.1 Å². The van der Waals surface area contributed by atoms with E-state index in [1.54, 1.807) is 0 Å². The lowest BCUT2D eigenvalue weighted by atomic mass is 10.2. The van der Waals surface area contributed by atoms with E-state index in [2.05, 4.69) is 25.3 Å². The highest BCUT2D eigenvalue weighted by Crippen LogP contribution is 2.19. The lowest BCUT2D eigenvalue weighted by Gasteiger charge is -2.14. The Bertz CT molecular complexity index is 660. The molecule has 1 aromatic carbocycles. The normalized spacial score (nSPS) is 13.7. The molecule has 2 aromatic rings. The maximum Gasteiger partial charge on any atom is 0.228 e. The smallest absolute Gasteiger partial charge is 0.228 e. The molecule has 0 atom stereocenters. The summed E-state index contributed by atoms with van der Waals surface area (Å²) in [6, 6.07) is 7.40. The number of rotatable bonds is 4. The third kappa shape index (κ3) is 4.10. The molecule has 0 saturated carbocycles. The first-order chi connectivity index (χ1) is 10.2. The predicted octanol–water partition coefficient (Wildman–Crippen LogP) is 2.44. The highest BCUT2D eigenvalue weighted by atomic mass is 127. The van der Waals surface area contributed by atoms with Gasteiger partial charge in [0.25, 0.3) is 0 Å². The molecule has 0 bridgehead atoms. The Morgan fingerprint density at radius 1 is 1.41 bits per heavy atom. The number of aliphatic imine (C=N–C) groups is 1. The molecule has 2 heterocycles.